The Morgan fingerprint density at radius 2 is 2.67 bits per heavy atom. The summed E-state index contributed by atoms with van der Waals surface area (Å²) in [5.41, 5.74) is 0. The molecule has 6 heavy (non-hydrogen) atoms. The van der Waals surface area contributed by atoms with E-state index < -0.39 is 19.0 Å². The molecule has 0 aliphatic rings. The molecule has 1 atom stereocenters. The number of hydrogen-bond acceptors (Lipinski definition) is 2. The molecule has 3 nitrogen and oxygen atoms in total. The first-order valence-corrected chi connectivity index (χ1v) is 1.38. The normalized spacial score (nSPS) is 15.8. The van der Waals surface area contributed by atoms with E-state index in [1.54, 1.807) is 0 Å². The molecule has 0 amide bonds. The van der Waals surface area contributed by atoms with Crippen molar-refractivity contribution in [1.29, 1.82) is 0 Å². The highest BCUT2D eigenvalue weighted by Gasteiger charge is 2.01. The SMILES string of the molecule is [2H][13CH2]C(O)C(=O)O. The smallest absolute Gasteiger partial charge is 0.332 e. The van der Waals surface area contributed by atoms with Crippen molar-refractivity contribution in [3.8, 4) is 0 Å². The number of carboxylic acids is 1. The van der Waals surface area contributed by atoms with Crippen molar-refractivity contribution in [2.45, 2.75) is 13.0 Å². The molecular weight excluding hydrogens is 85.0 g/mol. The van der Waals surface area contributed by atoms with Gasteiger partial charge in [-0.3, -0.25) is 0 Å². The average molecular weight is 92.1 g/mol. The zero-order chi connectivity index (χ0) is 5.86. The van der Waals surface area contributed by atoms with Crippen LogP contribution in [0.25, 0.3) is 0 Å². The Morgan fingerprint density at radius 3 is 2.67 bits per heavy atom. The molecule has 3 heteroatoms. The molecule has 0 aromatic rings. The number of hydrogen-bond donors (Lipinski definition) is 2. The van der Waals surface area contributed by atoms with E-state index in [1.807, 2.05) is 0 Å². The highest BCUT2D eigenvalue weighted by molar-refractivity contribution is 5.71. The second-order valence-electron chi connectivity index (χ2n) is 0.854. The summed E-state index contributed by atoms with van der Waals surface area (Å²) in [6.07, 6.45) is -1.51. The van der Waals surface area contributed by atoms with Crippen molar-refractivity contribution in [1.82, 2.24) is 0 Å². The Bertz CT molecular complexity index is 72.6. The number of aliphatic hydroxyl groups is 1. The summed E-state index contributed by atoms with van der Waals surface area (Å²) in [5.74, 6) is -1.34. The van der Waals surface area contributed by atoms with Crippen LogP contribution in [0.1, 0.15) is 8.27 Å². The topological polar surface area (TPSA) is 57.5 Å². The van der Waals surface area contributed by atoms with Crippen LogP contribution in [0.15, 0.2) is 0 Å². The Hall–Kier alpha value is -0.570. The van der Waals surface area contributed by atoms with E-state index in [9.17, 15) is 4.79 Å². The van der Waals surface area contributed by atoms with Gasteiger partial charge < -0.3 is 10.2 Å². The molecule has 0 aliphatic heterocycles. The largest absolute Gasteiger partial charge is 0.479 e. The quantitative estimate of drug-likeness (QED) is 0.427. The maximum absolute atomic E-state index is 9.56. The molecule has 0 saturated heterocycles. The predicted molar refractivity (Wildman–Crippen MR) is 19.3 cm³/mol. The van der Waals surface area contributed by atoms with E-state index in [1.165, 1.54) is 0 Å². The summed E-state index contributed by atoms with van der Waals surface area (Å²) in [7, 11) is 0. The number of aliphatic carboxylic acids is 1. The minimum Gasteiger partial charge on any atom is -0.479 e. The molecule has 36 valence electrons. The molecule has 0 saturated carbocycles. The molecule has 0 aliphatic carbocycles. The van der Waals surface area contributed by atoms with Gasteiger partial charge in [0.25, 0.3) is 0 Å². The van der Waals surface area contributed by atoms with Crippen LogP contribution >= 0.6 is 0 Å². The predicted octanol–water partition coefficient (Wildman–Crippen LogP) is -0.548. The van der Waals surface area contributed by atoms with Gasteiger partial charge in [0.05, 0.1) is 0 Å². The lowest BCUT2D eigenvalue weighted by molar-refractivity contribution is -0.145. The number of aliphatic hydroxyl groups excluding tert-OH is 1. The third kappa shape index (κ3) is 1.72. The zero-order valence-corrected chi connectivity index (χ0v) is 3.09. The standard InChI is InChI=1S/C3H6O3/c1-2(4)3(5)6/h2,4H,1H3,(H,5,6)/i1+1D. The molecule has 0 aromatic carbocycles. The lowest BCUT2D eigenvalue weighted by Crippen LogP contribution is -2.13. The summed E-state index contributed by atoms with van der Waals surface area (Å²) in [5, 5.41) is 16.0. The van der Waals surface area contributed by atoms with Crippen LogP contribution in [0.4, 0.5) is 0 Å². The Morgan fingerprint density at radius 1 is 2.17 bits per heavy atom. The fourth-order valence-corrected chi connectivity index (χ4v) is 0. The van der Waals surface area contributed by atoms with Crippen LogP contribution in [0.5, 0.6) is 0 Å². The first-order chi connectivity index (χ1) is 3.18. The second kappa shape index (κ2) is 1.77. The minimum absolute atomic E-state index is 0.477. The molecule has 0 spiro atoms. The molecule has 0 radical (unpaired) electrons. The Kier molecular flexibility index (Phi) is 1.06. The van der Waals surface area contributed by atoms with Gasteiger partial charge in [-0.25, -0.2) is 4.79 Å². The zero-order valence-electron chi connectivity index (χ0n) is 4.09. The highest BCUT2D eigenvalue weighted by Crippen LogP contribution is 1.73. The second-order valence-corrected chi connectivity index (χ2v) is 0.854. The van der Waals surface area contributed by atoms with Crippen molar-refractivity contribution in [2.75, 3.05) is 0 Å². The van der Waals surface area contributed by atoms with Gasteiger partial charge in [-0.1, -0.05) is 0 Å². The monoisotopic (exact) mass is 92.0 g/mol. The van der Waals surface area contributed by atoms with Crippen molar-refractivity contribution < 1.29 is 16.4 Å². The Balaban J connectivity index is 3.34. The molecule has 0 aromatic heterocycles. The number of carboxylic acid groups (broad SMARTS) is 1. The van der Waals surface area contributed by atoms with E-state index in [-0.39, 0.29) is 0 Å². The van der Waals surface area contributed by atoms with Gasteiger partial charge >= 0.3 is 5.97 Å². The van der Waals surface area contributed by atoms with Crippen LogP contribution in [-0.4, -0.2) is 22.3 Å². The van der Waals surface area contributed by atoms with E-state index in [0.717, 1.165) is 0 Å². The molecule has 0 rings (SSSR count). The fourth-order valence-electron chi connectivity index (χ4n) is 0. The molecular formula is C3H6O3. The molecule has 2 N–H and O–H groups in total. The fraction of sp³-hybridized carbons (Fsp3) is 0.667. The van der Waals surface area contributed by atoms with E-state index in [2.05, 4.69) is 0 Å². The van der Waals surface area contributed by atoms with E-state index in [4.69, 9.17) is 11.6 Å². The molecule has 0 bridgehead atoms. The Labute approximate surface area is 36.6 Å². The third-order valence-corrected chi connectivity index (χ3v) is 0.285. The van der Waals surface area contributed by atoms with Gasteiger partial charge in [0.15, 0.2) is 0 Å². The summed E-state index contributed by atoms with van der Waals surface area (Å²) in [6.45, 7) is -0.477. The minimum atomic E-state index is -1.51. The van der Waals surface area contributed by atoms with Gasteiger partial charge in [0.2, 0.25) is 0 Å². The summed E-state index contributed by atoms with van der Waals surface area (Å²) < 4.78 is 6.31. The highest BCUT2D eigenvalue weighted by atomic mass is 16.4. The van der Waals surface area contributed by atoms with Crippen LogP contribution in [0.3, 0.4) is 0 Å². The lowest BCUT2D eigenvalue weighted by atomic mass is 10.6. The van der Waals surface area contributed by atoms with E-state index >= 15 is 0 Å². The van der Waals surface area contributed by atoms with Crippen molar-refractivity contribution in [3.05, 3.63) is 0 Å². The first kappa shape index (κ1) is 3.61. The van der Waals surface area contributed by atoms with Gasteiger partial charge in [-0.2, -0.15) is 0 Å². The lowest BCUT2D eigenvalue weighted by Gasteiger charge is -1.89. The average Bonchev–Trinajstić information content (AvgIpc) is 1.65. The van der Waals surface area contributed by atoms with Gasteiger partial charge in [-0.05, 0) is 6.90 Å². The van der Waals surface area contributed by atoms with Gasteiger partial charge in [0.1, 0.15) is 6.10 Å². The summed E-state index contributed by atoms with van der Waals surface area (Å²) in [6, 6.07) is 0. The van der Waals surface area contributed by atoms with Crippen molar-refractivity contribution >= 4 is 5.97 Å². The third-order valence-electron chi connectivity index (χ3n) is 0.285. The van der Waals surface area contributed by atoms with Crippen LogP contribution in [0.2, 0.25) is 0 Å². The first-order valence-electron chi connectivity index (χ1n) is 2.09. The van der Waals surface area contributed by atoms with Crippen molar-refractivity contribution in [2.24, 2.45) is 0 Å². The van der Waals surface area contributed by atoms with Crippen LogP contribution < -0.4 is 0 Å². The molecule has 0 heterocycles. The van der Waals surface area contributed by atoms with Gasteiger partial charge in [-0.15, -0.1) is 0 Å². The number of rotatable bonds is 1. The number of carbonyl (C=O) groups is 1. The van der Waals surface area contributed by atoms with Crippen LogP contribution in [-0.2, 0) is 4.79 Å². The van der Waals surface area contributed by atoms with Gasteiger partial charge in [0, 0.05) is 1.37 Å². The van der Waals surface area contributed by atoms with Crippen molar-refractivity contribution in [3.63, 3.8) is 0 Å². The molecule has 0 fully saturated rings. The maximum Gasteiger partial charge on any atom is 0.332 e. The van der Waals surface area contributed by atoms with E-state index in [0.29, 0.717) is 0 Å². The summed E-state index contributed by atoms with van der Waals surface area (Å²) in [4.78, 5) is 9.56. The maximum atomic E-state index is 9.56. The molecule has 1 unspecified atom stereocenters. The summed E-state index contributed by atoms with van der Waals surface area (Å²) >= 11 is 0. The van der Waals surface area contributed by atoms with Crippen LogP contribution in [0, 0.1) is 0 Å².